The molecule has 8 atom stereocenters. The number of amides is 3. The number of likely N-dealkylation sites (tertiary alicyclic amines) is 1. The van der Waals surface area contributed by atoms with Gasteiger partial charge in [-0.15, -0.1) is 13.2 Å². The zero-order valence-corrected chi connectivity index (χ0v) is 28.3. The number of nitrogens with zero attached hydrogens (tertiary/aromatic N) is 2. The second-order valence-electron chi connectivity index (χ2n) is 13.2. The van der Waals surface area contributed by atoms with Crippen molar-refractivity contribution in [3.8, 4) is 0 Å². The molecule has 3 saturated heterocycles. The van der Waals surface area contributed by atoms with Gasteiger partial charge in [-0.25, -0.2) is 0 Å². The van der Waals surface area contributed by atoms with Crippen LogP contribution in [-0.4, -0.2) is 88.1 Å². The highest BCUT2D eigenvalue weighted by molar-refractivity contribution is 5.98. The smallest absolute Gasteiger partial charge is 0.313 e. The SMILES string of the molecule is C=CCCC(=O)N[C@@H](C)[C@H](OC(=O)[C@@H]1[C@H]2C(=O)N(CCCCCO)[C@H](C(=O)N(CC=C)C(C)CCC)[C@]23CC[C@H]1O3)c1ccccc1. The molecular formula is C37H53N3O7. The summed E-state index contributed by atoms with van der Waals surface area (Å²) in [6.45, 7) is 14.2. The standard InChI is InChI=1S/C37H53N3O7/c1-6-9-19-29(42)38-26(5)32(27-17-12-10-13-18-27)46-36(45)30-28-20-21-37(47-28)31(30)34(43)40(23-14-11-15-24-41)33(37)35(44)39(22-8-3)25(4)16-7-2/h6,8,10,12-13,17-18,25-26,28,30-33,41H,1,3,7,9,11,14-16,19-24H2,2,4-5H3,(H,38,42)/t25?,26-,28+,30-,31-,32-,33+,37-/m0/s1. The summed E-state index contributed by atoms with van der Waals surface area (Å²) in [5.41, 5.74) is -0.421. The van der Waals surface area contributed by atoms with Gasteiger partial charge in [0, 0.05) is 32.2 Å². The van der Waals surface area contributed by atoms with Gasteiger partial charge >= 0.3 is 5.97 Å². The number of hydrogen-bond donors (Lipinski definition) is 2. The Labute approximate surface area is 279 Å². The first-order chi connectivity index (χ1) is 22.6. The number of carbonyl (C=O) groups is 4. The predicted octanol–water partition coefficient (Wildman–Crippen LogP) is 4.48. The number of fused-ring (bicyclic) bond motifs is 1. The number of rotatable bonds is 19. The number of benzene rings is 1. The van der Waals surface area contributed by atoms with Crippen LogP contribution in [0.5, 0.6) is 0 Å². The van der Waals surface area contributed by atoms with Gasteiger partial charge in [0.05, 0.1) is 24.0 Å². The predicted molar refractivity (Wildman–Crippen MR) is 179 cm³/mol. The number of ether oxygens (including phenoxy) is 2. The maximum atomic E-state index is 14.5. The zero-order chi connectivity index (χ0) is 34.1. The van der Waals surface area contributed by atoms with Crippen molar-refractivity contribution in [3.05, 3.63) is 61.2 Å². The van der Waals surface area contributed by atoms with E-state index in [2.05, 4.69) is 25.4 Å². The Balaban J connectivity index is 1.65. The van der Waals surface area contributed by atoms with Crippen molar-refractivity contribution in [2.75, 3.05) is 19.7 Å². The van der Waals surface area contributed by atoms with Crippen LogP contribution in [-0.2, 0) is 28.7 Å². The maximum Gasteiger partial charge on any atom is 0.313 e. The van der Waals surface area contributed by atoms with E-state index in [9.17, 15) is 24.3 Å². The van der Waals surface area contributed by atoms with E-state index in [1.54, 1.807) is 28.9 Å². The van der Waals surface area contributed by atoms with Crippen LogP contribution in [0.3, 0.4) is 0 Å². The third-order valence-corrected chi connectivity index (χ3v) is 10.0. The highest BCUT2D eigenvalue weighted by Gasteiger charge is 2.75. The van der Waals surface area contributed by atoms with Crippen molar-refractivity contribution in [2.24, 2.45) is 11.8 Å². The molecule has 1 aromatic rings. The van der Waals surface area contributed by atoms with Crippen LogP contribution in [0.1, 0.15) is 90.2 Å². The molecule has 0 aliphatic carbocycles. The molecule has 10 nitrogen and oxygen atoms in total. The van der Waals surface area contributed by atoms with Gasteiger partial charge in [-0.05, 0) is 64.4 Å². The van der Waals surface area contributed by atoms with E-state index < -0.39 is 47.7 Å². The molecule has 0 saturated carbocycles. The van der Waals surface area contributed by atoms with E-state index >= 15 is 0 Å². The first-order valence-electron chi connectivity index (χ1n) is 17.3. The molecule has 0 aromatic heterocycles. The molecule has 2 N–H and O–H groups in total. The van der Waals surface area contributed by atoms with Crippen LogP contribution >= 0.6 is 0 Å². The molecule has 1 aromatic carbocycles. The molecule has 1 spiro atoms. The Morgan fingerprint density at radius 2 is 1.91 bits per heavy atom. The Morgan fingerprint density at radius 1 is 1.17 bits per heavy atom. The molecule has 2 bridgehead atoms. The fourth-order valence-corrected chi connectivity index (χ4v) is 7.81. The fraction of sp³-hybridized carbons (Fsp3) is 0.622. The zero-order valence-electron chi connectivity index (χ0n) is 28.3. The lowest BCUT2D eigenvalue weighted by atomic mass is 9.70. The molecule has 258 valence electrons. The molecule has 4 rings (SSSR count). The Kier molecular flexibility index (Phi) is 12.8. The van der Waals surface area contributed by atoms with E-state index in [0.717, 1.165) is 18.4 Å². The maximum absolute atomic E-state index is 14.5. The van der Waals surface area contributed by atoms with Gasteiger partial charge in [0.1, 0.15) is 17.7 Å². The van der Waals surface area contributed by atoms with Gasteiger partial charge in [0.15, 0.2) is 0 Å². The van der Waals surface area contributed by atoms with Crippen molar-refractivity contribution in [1.82, 2.24) is 15.1 Å². The molecule has 1 unspecified atom stereocenters. The third kappa shape index (κ3) is 7.64. The summed E-state index contributed by atoms with van der Waals surface area (Å²) in [7, 11) is 0. The van der Waals surface area contributed by atoms with Crippen molar-refractivity contribution < 1.29 is 33.8 Å². The number of allylic oxidation sites excluding steroid dienone is 1. The Bertz CT molecular complexity index is 1270. The summed E-state index contributed by atoms with van der Waals surface area (Å²) >= 11 is 0. The summed E-state index contributed by atoms with van der Waals surface area (Å²) in [6.07, 6.45) is 7.45. The van der Waals surface area contributed by atoms with Crippen molar-refractivity contribution in [3.63, 3.8) is 0 Å². The van der Waals surface area contributed by atoms with Crippen LogP contribution in [0.15, 0.2) is 55.6 Å². The van der Waals surface area contributed by atoms with Crippen molar-refractivity contribution in [1.29, 1.82) is 0 Å². The van der Waals surface area contributed by atoms with Gasteiger partial charge in [0.25, 0.3) is 0 Å². The number of aliphatic hydroxyl groups is 1. The Morgan fingerprint density at radius 3 is 2.57 bits per heavy atom. The minimum Gasteiger partial charge on any atom is -0.455 e. The second kappa shape index (κ2) is 16.6. The molecular weight excluding hydrogens is 598 g/mol. The number of aliphatic hydroxyl groups excluding tert-OH is 1. The van der Waals surface area contributed by atoms with Crippen LogP contribution < -0.4 is 5.32 Å². The minimum absolute atomic E-state index is 0.0545. The number of hydrogen-bond acceptors (Lipinski definition) is 7. The average Bonchev–Trinajstić information content (AvgIpc) is 3.70. The van der Waals surface area contributed by atoms with Crippen LogP contribution in [0.4, 0.5) is 0 Å². The molecule has 3 amide bonds. The molecule has 0 radical (unpaired) electrons. The van der Waals surface area contributed by atoms with E-state index in [4.69, 9.17) is 9.47 Å². The first kappa shape index (κ1) is 36.3. The summed E-state index contributed by atoms with van der Waals surface area (Å²) in [6, 6.07) is 7.76. The van der Waals surface area contributed by atoms with E-state index in [1.165, 1.54) is 0 Å². The monoisotopic (exact) mass is 651 g/mol. The lowest BCUT2D eigenvalue weighted by Gasteiger charge is -2.39. The molecule has 3 fully saturated rings. The van der Waals surface area contributed by atoms with Gasteiger partial charge in [0.2, 0.25) is 17.7 Å². The van der Waals surface area contributed by atoms with E-state index in [-0.39, 0.29) is 36.8 Å². The number of carbonyl (C=O) groups excluding carboxylic acids is 4. The number of unbranched alkanes of at least 4 members (excludes halogenated alkanes) is 2. The normalized spacial score (nSPS) is 26.3. The van der Waals surface area contributed by atoms with Gasteiger partial charge < -0.3 is 29.7 Å². The van der Waals surface area contributed by atoms with Gasteiger partial charge in [-0.3, -0.25) is 19.2 Å². The minimum atomic E-state index is -1.14. The topological polar surface area (TPSA) is 125 Å². The number of nitrogens with one attached hydrogen (secondary N) is 1. The van der Waals surface area contributed by atoms with E-state index in [1.807, 2.05) is 37.3 Å². The van der Waals surface area contributed by atoms with Crippen LogP contribution in [0.25, 0.3) is 0 Å². The quantitative estimate of drug-likeness (QED) is 0.128. The molecule has 3 aliphatic heterocycles. The average molecular weight is 652 g/mol. The largest absolute Gasteiger partial charge is 0.455 e. The highest BCUT2D eigenvalue weighted by Crippen LogP contribution is 2.59. The van der Waals surface area contributed by atoms with Crippen LogP contribution in [0, 0.1) is 11.8 Å². The number of esters is 1. The summed E-state index contributed by atoms with van der Waals surface area (Å²) in [5, 5.41) is 12.3. The summed E-state index contributed by atoms with van der Waals surface area (Å²) in [4.78, 5) is 59.2. The van der Waals surface area contributed by atoms with Gasteiger partial charge in [-0.2, -0.15) is 0 Å². The van der Waals surface area contributed by atoms with Gasteiger partial charge in [-0.1, -0.05) is 55.8 Å². The summed E-state index contributed by atoms with van der Waals surface area (Å²) < 4.78 is 12.9. The third-order valence-electron chi connectivity index (χ3n) is 10.0. The molecule has 3 aliphatic rings. The molecule has 47 heavy (non-hydrogen) atoms. The lowest BCUT2D eigenvalue weighted by molar-refractivity contribution is -0.162. The van der Waals surface area contributed by atoms with Crippen molar-refractivity contribution >= 4 is 23.7 Å². The van der Waals surface area contributed by atoms with Crippen molar-refractivity contribution in [2.45, 2.75) is 114 Å². The first-order valence-corrected chi connectivity index (χ1v) is 17.3. The Hall–Kier alpha value is -3.50. The highest BCUT2D eigenvalue weighted by atomic mass is 16.6. The van der Waals surface area contributed by atoms with E-state index in [0.29, 0.717) is 51.6 Å². The lowest BCUT2D eigenvalue weighted by Crippen LogP contribution is -2.57. The second-order valence-corrected chi connectivity index (χ2v) is 13.2. The molecule has 10 heteroatoms. The van der Waals surface area contributed by atoms with Crippen LogP contribution in [0.2, 0.25) is 0 Å². The molecule has 3 heterocycles. The summed E-state index contributed by atoms with van der Waals surface area (Å²) in [5.74, 6) is -2.93. The fourth-order valence-electron chi connectivity index (χ4n) is 7.81.